The number of ether oxygens (including phenoxy) is 1. The fourth-order valence-electron chi connectivity index (χ4n) is 2.27. The van der Waals surface area contributed by atoms with E-state index < -0.39 is 0 Å². The molecule has 0 aliphatic heterocycles. The van der Waals surface area contributed by atoms with Crippen molar-refractivity contribution in [2.45, 2.75) is 45.8 Å². The van der Waals surface area contributed by atoms with Crippen LogP contribution in [0, 0.1) is 5.41 Å². The average molecular weight is 214 g/mol. The molecule has 90 valence electrons. The highest BCUT2D eigenvalue weighted by Crippen LogP contribution is 2.42. The van der Waals surface area contributed by atoms with Crippen molar-refractivity contribution in [3.8, 4) is 0 Å². The molecular weight excluding hydrogens is 188 g/mol. The Morgan fingerprint density at radius 1 is 1.27 bits per heavy atom. The molecule has 15 heavy (non-hydrogen) atoms. The van der Waals surface area contributed by atoms with Crippen LogP contribution < -0.4 is 10.6 Å². The molecule has 1 rings (SSSR count). The van der Waals surface area contributed by atoms with Crippen LogP contribution >= 0.6 is 0 Å². The Hall–Kier alpha value is -0.120. The van der Waals surface area contributed by atoms with Gasteiger partial charge in [-0.15, -0.1) is 0 Å². The maximum atomic E-state index is 5.42. The van der Waals surface area contributed by atoms with Crippen LogP contribution in [0.5, 0.6) is 0 Å². The van der Waals surface area contributed by atoms with E-state index in [2.05, 4.69) is 31.4 Å². The van der Waals surface area contributed by atoms with E-state index in [1.807, 2.05) is 7.11 Å². The fraction of sp³-hybridized carbons (Fsp3) is 1.00. The number of hydrogen-bond acceptors (Lipinski definition) is 3. The van der Waals surface area contributed by atoms with Gasteiger partial charge in [0.15, 0.2) is 0 Å². The van der Waals surface area contributed by atoms with E-state index in [9.17, 15) is 0 Å². The van der Waals surface area contributed by atoms with Crippen LogP contribution in [0.4, 0.5) is 0 Å². The second-order valence-electron chi connectivity index (χ2n) is 5.04. The van der Waals surface area contributed by atoms with E-state index >= 15 is 0 Å². The monoisotopic (exact) mass is 214 g/mol. The van der Waals surface area contributed by atoms with Gasteiger partial charge in [0, 0.05) is 31.7 Å². The van der Waals surface area contributed by atoms with Gasteiger partial charge in [0.05, 0.1) is 6.10 Å². The Kier molecular flexibility index (Phi) is 5.03. The van der Waals surface area contributed by atoms with Gasteiger partial charge in [0.25, 0.3) is 0 Å². The van der Waals surface area contributed by atoms with Crippen LogP contribution in [0.15, 0.2) is 0 Å². The van der Waals surface area contributed by atoms with Crippen LogP contribution in [-0.4, -0.2) is 38.9 Å². The minimum absolute atomic E-state index is 0.291. The second kappa shape index (κ2) is 5.83. The summed E-state index contributed by atoms with van der Waals surface area (Å²) in [5.74, 6) is 0. The van der Waals surface area contributed by atoms with Crippen molar-refractivity contribution in [3.05, 3.63) is 0 Å². The van der Waals surface area contributed by atoms with Gasteiger partial charge in [-0.2, -0.15) is 0 Å². The quantitative estimate of drug-likeness (QED) is 0.628. The van der Waals surface area contributed by atoms with Gasteiger partial charge in [0.1, 0.15) is 0 Å². The first-order valence-electron chi connectivity index (χ1n) is 6.09. The topological polar surface area (TPSA) is 33.3 Å². The zero-order chi connectivity index (χ0) is 11.3. The Morgan fingerprint density at radius 3 is 2.53 bits per heavy atom. The molecule has 0 saturated heterocycles. The van der Waals surface area contributed by atoms with Crippen molar-refractivity contribution in [2.75, 3.05) is 26.7 Å². The van der Waals surface area contributed by atoms with E-state index in [-0.39, 0.29) is 0 Å². The molecule has 2 unspecified atom stereocenters. The largest absolute Gasteiger partial charge is 0.381 e. The standard InChI is InChI=1S/C12H26N2O/c1-5-6-13-7-8-14-10-9-11(15-4)12(10,2)3/h10-11,13-14H,5-9H2,1-4H3. The number of nitrogens with one attached hydrogen (secondary N) is 2. The minimum atomic E-state index is 0.291. The normalized spacial score (nSPS) is 28.8. The van der Waals surface area contributed by atoms with Gasteiger partial charge in [-0.1, -0.05) is 20.8 Å². The summed E-state index contributed by atoms with van der Waals surface area (Å²) in [6, 6.07) is 0.617. The molecule has 1 aliphatic carbocycles. The van der Waals surface area contributed by atoms with E-state index in [4.69, 9.17) is 4.74 Å². The molecule has 0 heterocycles. The first-order chi connectivity index (χ1) is 7.12. The molecule has 2 N–H and O–H groups in total. The fourth-order valence-corrected chi connectivity index (χ4v) is 2.27. The zero-order valence-electron chi connectivity index (χ0n) is 10.6. The summed E-state index contributed by atoms with van der Waals surface area (Å²) in [5, 5.41) is 6.99. The molecule has 0 aromatic rings. The summed E-state index contributed by atoms with van der Waals surface area (Å²) in [6.45, 7) is 10.0. The van der Waals surface area contributed by atoms with Crippen LogP contribution in [0.3, 0.4) is 0 Å². The summed E-state index contributed by atoms with van der Waals surface area (Å²) in [5.41, 5.74) is 0.291. The van der Waals surface area contributed by atoms with Crippen molar-refractivity contribution in [1.29, 1.82) is 0 Å². The van der Waals surface area contributed by atoms with Gasteiger partial charge >= 0.3 is 0 Å². The summed E-state index contributed by atoms with van der Waals surface area (Å²) >= 11 is 0. The molecule has 3 nitrogen and oxygen atoms in total. The minimum Gasteiger partial charge on any atom is -0.381 e. The first-order valence-corrected chi connectivity index (χ1v) is 6.09. The lowest BCUT2D eigenvalue weighted by atomic mass is 9.64. The molecule has 0 amide bonds. The van der Waals surface area contributed by atoms with Gasteiger partial charge in [0.2, 0.25) is 0 Å². The lowest BCUT2D eigenvalue weighted by molar-refractivity contribution is -0.0971. The summed E-state index contributed by atoms with van der Waals surface area (Å²) in [7, 11) is 1.81. The van der Waals surface area contributed by atoms with Gasteiger partial charge < -0.3 is 15.4 Å². The van der Waals surface area contributed by atoms with Gasteiger partial charge in [-0.3, -0.25) is 0 Å². The third kappa shape index (κ3) is 3.16. The van der Waals surface area contributed by atoms with Crippen molar-refractivity contribution in [2.24, 2.45) is 5.41 Å². The molecule has 1 aliphatic rings. The lowest BCUT2D eigenvalue weighted by Gasteiger charge is -2.51. The highest BCUT2D eigenvalue weighted by molar-refractivity contribution is 5.02. The third-order valence-corrected chi connectivity index (χ3v) is 3.58. The number of hydrogen-bond donors (Lipinski definition) is 2. The van der Waals surface area contributed by atoms with Crippen LogP contribution in [0.25, 0.3) is 0 Å². The van der Waals surface area contributed by atoms with Crippen molar-refractivity contribution >= 4 is 0 Å². The van der Waals surface area contributed by atoms with Crippen LogP contribution in [0.1, 0.15) is 33.6 Å². The second-order valence-corrected chi connectivity index (χ2v) is 5.04. The number of methoxy groups -OCH3 is 1. The Morgan fingerprint density at radius 2 is 2.00 bits per heavy atom. The first kappa shape index (κ1) is 12.9. The molecule has 0 aromatic carbocycles. The molecule has 2 atom stereocenters. The van der Waals surface area contributed by atoms with Gasteiger partial charge in [-0.25, -0.2) is 0 Å². The lowest BCUT2D eigenvalue weighted by Crippen LogP contribution is -2.61. The Bertz CT molecular complexity index is 182. The molecule has 3 heteroatoms. The summed E-state index contributed by atoms with van der Waals surface area (Å²) in [4.78, 5) is 0. The molecule has 1 fully saturated rings. The summed E-state index contributed by atoms with van der Waals surface area (Å²) in [6.07, 6.45) is 2.79. The summed E-state index contributed by atoms with van der Waals surface area (Å²) < 4.78 is 5.42. The van der Waals surface area contributed by atoms with Crippen molar-refractivity contribution in [3.63, 3.8) is 0 Å². The molecular formula is C12H26N2O. The van der Waals surface area contributed by atoms with E-state index in [0.29, 0.717) is 17.6 Å². The predicted molar refractivity (Wildman–Crippen MR) is 64.1 cm³/mol. The molecule has 0 spiro atoms. The van der Waals surface area contributed by atoms with Crippen molar-refractivity contribution in [1.82, 2.24) is 10.6 Å². The molecule has 0 bridgehead atoms. The Balaban J connectivity index is 2.08. The zero-order valence-corrected chi connectivity index (χ0v) is 10.6. The molecule has 0 aromatic heterocycles. The maximum absolute atomic E-state index is 5.42. The molecule has 1 saturated carbocycles. The predicted octanol–water partition coefficient (Wildman–Crippen LogP) is 1.39. The van der Waals surface area contributed by atoms with Crippen molar-refractivity contribution < 1.29 is 4.74 Å². The SMILES string of the molecule is CCCNCCNC1CC(OC)C1(C)C. The highest BCUT2D eigenvalue weighted by atomic mass is 16.5. The van der Waals surface area contributed by atoms with Crippen LogP contribution in [0.2, 0.25) is 0 Å². The van der Waals surface area contributed by atoms with E-state index in [1.54, 1.807) is 0 Å². The molecule has 0 radical (unpaired) electrons. The van der Waals surface area contributed by atoms with Crippen LogP contribution in [-0.2, 0) is 4.74 Å². The third-order valence-electron chi connectivity index (χ3n) is 3.58. The Labute approximate surface area is 94.0 Å². The van der Waals surface area contributed by atoms with E-state index in [1.165, 1.54) is 6.42 Å². The highest BCUT2D eigenvalue weighted by Gasteiger charge is 2.47. The maximum Gasteiger partial charge on any atom is 0.0652 e. The number of rotatable bonds is 7. The average Bonchev–Trinajstić information content (AvgIpc) is 2.21. The van der Waals surface area contributed by atoms with E-state index in [0.717, 1.165) is 26.1 Å². The van der Waals surface area contributed by atoms with Gasteiger partial charge in [-0.05, 0) is 19.4 Å². The smallest absolute Gasteiger partial charge is 0.0652 e.